The van der Waals surface area contributed by atoms with E-state index < -0.39 is 6.10 Å². The number of amidine groups is 1. The van der Waals surface area contributed by atoms with Crippen LogP contribution < -0.4 is 5.73 Å². The first-order valence-electron chi connectivity index (χ1n) is 3.86. The monoisotopic (exact) mass is 176 g/mol. The van der Waals surface area contributed by atoms with Gasteiger partial charge in [-0.25, -0.2) is 0 Å². The van der Waals surface area contributed by atoms with Gasteiger partial charge in [-0.05, 0) is 6.07 Å². The van der Waals surface area contributed by atoms with Crippen molar-refractivity contribution in [3.63, 3.8) is 0 Å². The van der Waals surface area contributed by atoms with E-state index in [-0.39, 0.29) is 6.02 Å². The molecule has 1 heterocycles. The summed E-state index contributed by atoms with van der Waals surface area (Å²) in [5.41, 5.74) is 6.84. The van der Waals surface area contributed by atoms with Gasteiger partial charge in [-0.3, -0.25) is 4.79 Å². The molecule has 0 amide bonds. The van der Waals surface area contributed by atoms with Crippen molar-refractivity contribution in [1.29, 1.82) is 0 Å². The average molecular weight is 176 g/mol. The van der Waals surface area contributed by atoms with Gasteiger partial charge in [-0.1, -0.05) is 18.2 Å². The van der Waals surface area contributed by atoms with Crippen molar-refractivity contribution in [1.82, 2.24) is 0 Å². The Morgan fingerprint density at radius 2 is 2.23 bits per heavy atom. The van der Waals surface area contributed by atoms with Gasteiger partial charge in [0.15, 0.2) is 12.4 Å². The third-order valence-electron chi connectivity index (χ3n) is 1.85. The van der Waals surface area contributed by atoms with Crippen molar-refractivity contribution >= 4 is 18.0 Å². The summed E-state index contributed by atoms with van der Waals surface area (Å²) in [6.45, 7) is 0. The van der Waals surface area contributed by atoms with Crippen LogP contribution in [-0.4, -0.2) is 12.3 Å². The van der Waals surface area contributed by atoms with Gasteiger partial charge in [0.1, 0.15) is 0 Å². The maximum absolute atomic E-state index is 10.6. The molecule has 1 aromatic rings. The fourth-order valence-corrected chi connectivity index (χ4v) is 1.27. The molecule has 2 N–H and O–H groups in total. The van der Waals surface area contributed by atoms with Crippen LogP contribution in [0, 0.1) is 0 Å². The molecule has 0 spiro atoms. The zero-order valence-electron chi connectivity index (χ0n) is 6.81. The minimum atomic E-state index is -0.617. The van der Waals surface area contributed by atoms with E-state index in [4.69, 9.17) is 10.5 Å². The van der Waals surface area contributed by atoms with Gasteiger partial charge < -0.3 is 10.5 Å². The first-order chi connectivity index (χ1) is 6.31. The first kappa shape index (κ1) is 7.79. The zero-order chi connectivity index (χ0) is 9.26. The van der Waals surface area contributed by atoms with E-state index in [1.165, 1.54) is 0 Å². The number of rotatable bonds is 1. The fourth-order valence-electron chi connectivity index (χ4n) is 1.27. The van der Waals surface area contributed by atoms with Crippen LogP contribution in [-0.2, 0) is 9.53 Å². The van der Waals surface area contributed by atoms with E-state index in [9.17, 15) is 4.79 Å². The number of ether oxygens (including phenoxy) is 1. The molecule has 1 unspecified atom stereocenters. The number of para-hydroxylation sites is 1. The number of carbonyl (C=O) groups excluding carboxylic acids is 1. The molecule has 0 aromatic heterocycles. The van der Waals surface area contributed by atoms with Crippen molar-refractivity contribution in [3.05, 3.63) is 29.8 Å². The van der Waals surface area contributed by atoms with Crippen LogP contribution in [0.4, 0.5) is 5.69 Å². The zero-order valence-corrected chi connectivity index (χ0v) is 6.81. The van der Waals surface area contributed by atoms with Crippen molar-refractivity contribution < 1.29 is 9.53 Å². The van der Waals surface area contributed by atoms with Gasteiger partial charge in [0.2, 0.25) is 0 Å². The lowest BCUT2D eigenvalue weighted by atomic mass is 10.1. The predicted octanol–water partition coefficient (Wildman–Crippen LogP) is 0.903. The highest BCUT2D eigenvalue weighted by atomic mass is 16.5. The molecule has 0 fully saturated rings. The van der Waals surface area contributed by atoms with E-state index in [1.807, 2.05) is 12.1 Å². The predicted molar refractivity (Wildman–Crippen MR) is 47.6 cm³/mol. The number of aldehydes is 1. The Bertz CT molecular complexity index is 374. The molecule has 0 saturated carbocycles. The van der Waals surface area contributed by atoms with Gasteiger partial charge in [0, 0.05) is 5.56 Å². The molecule has 0 saturated heterocycles. The van der Waals surface area contributed by atoms with Crippen molar-refractivity contribution in [2.45, 2.75) is 6.10 Å². The number of hydrogen-bond donors (Lipinski definition) is 1. The molecule has 1 aliphatic heterocycles. The number of fused-ring (bicyclic) bond motifs is 1. The summed E-state index contributed by atoms with van der Waals surface area (Å²) >= 11 is 0. The lowest BCUT2D eigenvalue weighted by Crippen LogP contribution is -2.23. The third-order valence-corrected chi connectivity index (χ3v) is 1.85. The lowest BCUT2D eigenvalue weighted by Gasteiger charge is -2.19. The molecule has 13 heavy (non-hydrogen) atoms. The molecule has 4 heteroatoms. The number of aliphatic imine (C=N–C) groups is 1. The van der Waals surface area contributed by atoms with E-state index in [0.717, 1.165) is 5.56 Å². The molecule has 1 atom stereocenters. The molecule has 0 radical (unpaired) electrons. The molecule has 1 aliphatic rings. The smallest absolute Gasteiger partial charge is 0.288 e. The molecule has 4 nitrogen and oxygen atoms in total. The highest BCUT2D eigenvalue weighted by Gasteiger charge is 2.20. The van der Waals surface area contributed by atoms with Gasteiger partial charge in [0.05, 0.1) is 5.69 Å². The van der Waals surface area contributed by atoms with Crippen LogP contribution in [0.3, 0.4) is 0 Å². The Kier molecular flexibility index (Phi) is 1.73. The summed E-state index contributed by atoms with van der Waals surface area (Å²) in [5.74, 6) is 0. The summed E-state index contributed by atoms with van der Waals surface area (Å²) < 4.78 is 5.02. The number of nitrogens with zero attached hydrogens (tertiary/aromatic N) is 1. The average Bonchev–Trinajstić information content (AvgIpc) is 2.16. The molecule has 1 aromatic carbocycles. The second-order valence-corrected chi connectivity index (χ2v) is 2.68. The van der Waals surface area contributed by atoms with Crippen molar-refractivity contribution in [2.75, 3.05) is 0 Å². The summed E-state index contributed by atoms with van der Waals surface area (Å²) in [5, 5.41) is 0. The largest absolute Gasteiger partial charge is 0.449 e. The lowest BCUT2D eigenvalue weighted by molar-refractivity contribution is -0.114. The normalized spacial score (nSPS) is 19.7. The Balaban J connectivity index is 2.54. The molecular weight excluding hydrogens is 168 g/mol. The topological polar surface area (TPSA) is 64.7 Å². The van der Waals surface area contributed by atoms with E-state index in [0.29, 0.717) is 12.0 Å². The minimum Gasteiger partial charge on any atom is -0.449 e. The standard InChI is InChI=1S/C9H8N2O2/c10-9-11-7-4-2-1-3-6(7)8(5-12)13-9/h1-5,8H,(H2,10,11). The van der Waals surface area contributed by atoms with Gasteiger partial charge in [-0.15, -0.1) is 0 Å². The van der Waals surface area contributed by atoms with Gasteiger partial charge in [0.25, 0.3) is 6.02 Å². The summed E-state index contributed by atoms with van der Waals surface area (Å²) in [4.78, 5) is 14.6. The van der Waals surface area contributed by atoms with Crippen LogP contribution in [0.2, 0.25) is 0 Å². The summed E-state index contributed by atoms with van der Waals surface area (Å²) in [6.07, 6.45) is 0.0918. The molecule has 66 valence electrons. The van der Waals surface area contributed by atoms with Crippen LogP contribution >= 0.6 is 0 Å². The Morgan fingerprint density at radius 3 is 3.00 bits per heavy atom. The number of hydrogen-bond acceptors (Lipinski definition) is 4. The molecular formula is C9H8N2O2. The third kappa shape index (κ3) is 1.26. The highest BCUT2D eigenvalue weighted by Crippen LogP contribution is 2.30. The maximum Gasteiger partial charge on any atom is 0.288 e. The van der Waals surface area contributed by atoms with E-state index in [1.54, 1.807) is 12.1 Å². The van der Waals surface area contributed by atoms with Crippen molar-refractivity contribution in [2.24, 2.45) is 10.7 Å². The van der Waals surface area contributed by atoms with Gasteiger partial charge in [-0.2, -0.15) is 4.99 Å². The summed E-state index contributed by atoms with van der Waals surface area (Å²) in [6, 6.07) is 7.29. The number of benzene rings is 1. The number of carbonyl (C=O) groups is 1. The number of nitrogens with two attached hydrogens (primary N) is 1. The quantitative estimate of drug-likeness (QED) is 0.646. The first-order valence-corrected chi connectivity index (χ1v) is 3.86. The van der Waals surface area contributed by atoms with Crippen LogP contribution in [0.1, 0.15) is 11.7 Å². The molecule has 0 bridgehead atoms. The Morgan fingerprint density at radius 1 is 1.46 bits per heavy atom. The SMILES string of the molecule is NC1=Nc2ccccc2C(C=O)O1. The molecule has 0 aliphatic carbocycles. The second kappa shape index (κ2) is 2.90. The van der Waals surface area contributed by atoms with Crippen LogP contribution in [0.15, 0.2) is 29.3 Å². The second-order valence-electron chi connectivity index (χ2n) is 2.68. The maximum atomic E-state index is 10.6. The Hall–Kier alpha value is -1.84. The van der Waals surface area contributed by atoms with Crippen molar-refractivity contribution in [3.8, 4) is 0 Å². The highest BCUT2D eigenvalue weighted by molar-refractivity contribution is 5.82. The molecule has 2 rings (SSSR count). The van der Waals surface area contributed by atoms with E-state index >= 15 is 0 Å². The van der Waals surface area contributed by atoms with E-state index in [2.05, 4.69) is 4.99 Å². The van der Waals surface area contributed by atoms with Gasteiger partial charge >= 0.3 is 0 Å². The Labute approximate surface area is 75.0 Å². The van der Waals surface area contributed by atoms with Crippen LogP contribution in [0.5, 0.6) is 0 Å². The summed E-state index contributed by atoms with van der Waals surface area (Å²) in [7, 11) is 0. The fraction of sp³-hybridized carbons (Fsp3) is 0.111. The minimum absolute atomic E-state index is 0.0378. The van der Waals surface area contributed by atoms with Crippen LogP contribution in [0.25, 0.3) is 0 Å².